The van der Waals surface area contributed by atoms with Gasteiger partial charge in [0.25, 0.3) is 0 Å². The molecule has 0 saturated carbocycles. The van der Waals surface area contributed by atoms with E-state index in [2.05, 4.69) is 22.6 Å². The smallest absolute Gasteiger partial charge is 0.0652 e. The molecule has 0 aliphatic heterocycles. The van der Waals surface area contributed by atoms with Crippen molar-refractivity contribution in [2.45, 2.75) is 30.3 Å². The third kappa shape index (κ3) is 3.29. The van der Waals surface area contributed by atoms with Crippen molar-refractivity contribution in [3.05, 3.63) is 0 Å². The zero-order chi connectivity index (χ0) is 5.86. The molecule has 0 aromatic heterocycles. The van der Waals surface area contributed by atoms with Gasteiger partial charge in [-0.1, -0.05) is 36.4 Å². The summed E-state index contributed by atoms with van der Waals surface area (Å²) in [7, 11) is 0. The maximum Gasteiger partial charge on any atom is 0.0652 e. The number of aliphatic hydroxyl groups is 1. The van der Waals surface area contributed by atoms with Crippen molar-refractivity contribution in [1.82, 2.24) is 0 Å². The van der Waals surface area contributed by atoms with Crippen molar-refractivity contribution < 1.29 is 5.11 Å². The van der Waals surface area contributed by atoms with E-state index >= 15 is 0 Å². The Morgan fingerprint density at radius 1 is 1.71 bits per heavy atom. The van der Waals surface area contributed by atoms with Crippen LogP contribution in [0.3, 0.4) is 0 Å². The van der Waals surface area contributed by atoms with Crippen LogP contribution in [0.5, 0.6) is 0 Å². The van der Waals surface area contributed by atoms with Crippen LogP contribution in [0.4, 0.5) is 0 Å². The van der Waals surface area contributed by atoms with Gasteiger partial charge in [0.2, 0.25) is 0 Å². The van der Waals surface area contributed by atoms with E-state index in [9.17, 15) is 0 Å². The number of halogens is 1. The van der Waals surface area contributed by atoms with Gasteiger partial charge in [-0.05, 0) is 6.42 Å². The van der Waals surface area contributed by atoms with Crippen LogP contribution < -0.4 is 0 Å². The highest BCUT2D eigenvalue weighted by atomic mass is 127. The van der Waals surface area contributed by atoms with E-state index in [1.165, 1.54) is 0 Å². The molecule has 0 aromatic rings. The molecule has 0 amide bonds. The Morgan fingerprint density at radius 2 is 2.14 bits per heavy atom. The Hall–Kier alpha value is 0.690. The molecule has 0 aliphatic carbocycles. The largest absolute Gasteiger partial charge is 0.392 e. The van der Waals surface area contributed by atoms with Crippen LogP contribution in [0.1, 0.15) is 20.3 Å². The van der Waals surface area contributed by atoms with E-state index in [4.69, 9.17) is 5.11 Å². The standard InChI is InChI=1S/C5H11IO/c1-3-5(7)4(2)6/h4-5,7H,3H2,1-2H3. The van der Waals surface area contributed by atoms with Gasteiger partial charge in [-0.15, -0.1) is 0 Å². The zero-order valence-corrected chi connectivity index (χ0v) is 6.84. The van der Waals surface area contributed by atoms with Gasteiger partial charge in [-0.3, -0.25) is 0 Å². The van der Waals surface area contributed by atoms with E-state index in [0.717, 1.165) is 6.42 Å². The van der Waals surface area contributed by atoms with Gasteiger partial charge < -0.3 is 5.11 Å². The zero-order valence-electron chi connectivity index (χ0n) is 4.69. The fourth-order valence-corrected chi connectivity index (χ4v) is 0.833. The average Bonchev–Trinajstić information content (AvgIpc) is 1.65. The summed E-state index contributed by atoms with van der Waals surface area (Å²) >= 11 is 2.22. The van der Waals surface area contributed by atoms with Crippen molar-refractivity contribution in [3.63, 3.8) is 0 Å². The minimum absolute atomic E-state index is 0.111. The maximum atomic E-state index is 8.93. The number of alkyl halides is 1. The summed E-state index contributed by atoms with van der Waals surface area (Å²) in [6, 6.07) is 0. The fourth-order valence-electron chi connectivity index (χ4n) is 0.325. The molecule has 7 heavy (non-hydrogen) atoms. The summed E-state index contributed by atoms with van der Waals surface area (Å²) in [5.74, 6) is 0. The second-order valence-corrected chi connectivity index (χ2v) is 3.62. The molecule has 2 heteroatoms. The molecule has 2 atom stereocenters. The van der Waals surface area contributed by atoms with Crippen LogP contribution in [-0.2, 0) is 0 Å². The number of hydrogen-bond acceptors (Lipinski definition) is 1. The molecule has 0 aromatic carbocycles. The Morgan fingerprint density at radius 3 is 2.14 bits per heavy atom. The summed E-state index contributed by atoms with van der Waals surface area (Å²) in [4.78, 5) is 0. The highest BCUT2D eigenvalue weighted by Crippen LogP contribution is 2.06. The second-order valence-electron chi connectivity index (χ2n) is 1.65. The van der Waals surface area contributed by atoms with Crippen LogP contribution in [-0.4, -0.2) is 15.1 Å². The minimum atomic E-state index is -0.111. The van der Waals surface area contributed by atoms with Crippen molar-refractivity contribution in [2.75, 3.05) is 0 Å². The molecule has 1 N–H and O–H groups in total. The molecule has 0 heterocycles. The summed E-state index contributed by atoms with van der Waals surface area (Å²) in [6.07, 6.45) is 0.755. The molecule has 44 valence electrons. The summed E-state index contributed by atoms with van der Waals surface area (Å²) in [6.45, 7) is 3.99. The summed E-state index contributed by atoms with van der Waals surface area (Å²) < 4.78 is 0.391. The molecule has 0 radical (unpaired) electrons. The molecule has 1 nitrogen and oxygen atoms in total. The third-order valence-electron chi connectivity index (χ3n) is 0.948. The Kier molecular flexibility index (Phi) is 4.02. The Bertz CT molecular complexity index is 45.3. The van der Waals surface area contributed by atoms with Crippen LogP contribution >= 0.6 is 22.6 Å². The van der Waals surface area contributed by atoms with Crippen LogP contribution in [0.2, 0.25) is 0 Å². The van der Waals surface area contributed by atoms with Crippen molar-refractivity contribution >= 4 is 22.6 Å². The van der Waals surface area contributed by atoms with E-state index in [1.807, 2.05) is 13.8 Å². The van der Waals surface area contributed by atoms with E-state index in [0.29, 0.717) is 3.92 Å². The Labute approximate surface area is 58.3 Å². The second kappa shape index (κ2) is 3.66. The van der Waals surface area contributed by atoms with Gasteiger partial charge in [0, 0.05) is 3.92 Å². The summed E-state index contributed by atoms with van der Waals surface area (Å²) in [5.41, 5.74) is 0. The highest BCUT2D eigenvalue weighted by molar-refractivity contribution is 14.1. The molecule has 2 unspecified atom stereocenters. The average molecular weight is 214 g/mol. The SMILES string of the molecule is CCC(O)C(C)I. The Balaban J connectivity index is 3.14. The van der Waals surface area contributed by atoms with E-state index < -0.39 is 0 Å². The topological polar surface area (TPSA) is 20.2 Å². The van der Waals surface area contributed by atoms with Gasteiger partial charge in [-0.25, -0.2) is 0 Å². The predicted octanol–water partition coefficient (Wildman–Crippen LogP) is 1.58. The molecular formula is C5H11IO. The molecule has 0 fully saturated rings. The predicted molar refractivity (Wildman–Crippen MR) is 39.8 cm³/mol. The first-order valence-corrected chi connectivity index (χ1v) is 3.75. The monoisotopic (exact) mass is 214 g/mol. The van der Waals surface area contributed by atoms with Gasteiger partial charge in [0.15, 0.2) is 0 Å². The van der Waals surface area contributed by atoms with Gasteiger partial charge in [0.05, 0.1) is 6.10 Å². The number of hydrogen-bond donors (Lipinski definition) is 1. The first kappa shape index (κ1) is 7.69. The van der Waals surface area contributed by atoms with E-state index in [-0.39, 0.29) is 6.10 Å². The molecule has 0 bridgehead atoms. The minimum Gasteiger partial charge on any atom is -0.392 e. The molecule has 0 rings (SSSR count). The lowest BCUT2D eigenvalue weighted by Gasteiger charge is -2.07. The van der Waals surface area contributed by atoms with Crippen molar-refractivity contribution in [1.29, 1.82) is 0 Å². The molecular weight excluding hydrogens is 203 g/mol. The number of aliphatic hydroxyl groups excluding tert-OH is 1. The van der Waals surface area contributed by atoms with Crippen molar-refractivity contribution in [2.24, 2.45) is 0 Å². The first-order valence-electron chi connectivity index (χ1n) is 2.50. The van der Waals surface area contributed by atoms with Crippen LogP contribution in [0.15, 0.2) is 0 Å². The number of rotatable bonds is 2. The molecule has 0 spiro atoms. The lowest BCUT2D eigenvalue weighted by Crippen LogP contribution is -2.14. The fraction of sp³-hybridized carbons (Fsp3) is 1.00. The maximum absolute atomic E-state index is 8.93. The lowest BCUT2D eigenvalue weighted by atomic mass is 10.2. The molecule has 0 aliphatic rings. The quantitative estimate of drug-likeness (QED) is 0.546. The highest BCUT2D eigenvalue weighted by Gasteiger charge is 2.05. The van der Waals surface area contributed by atoms with Gasteiger partial charge >= 0.3 is 0 Å². The van der Waals surface area contributed by atoms with Crippen molar-refractivity contribution in [3.8, 4) is 0 Å². The third-order valence-corrected chi connectivity index (χ3v) is 1.78. The van der Waals surface area contributed by atoms with Crippen LogP contribution in [0, 0.1) is 0 Å². The summed E-state index contributed by atoms with van der Waals surface area (Å²) in [5, 5.41) is 8.93. The van der Waals surface area contributed by atoms with Gasteiger partial charge in [-0.2, -0.15) is 0 Å². The van der Waals surface area contributed by atoms with Gasteiger partial charge in [0.1, 0.15) is 0 Å². The normalized spacial score (nSPS) is 18.9. The van der Waals surface area contributed by atoms with Crippen LogP contribution in [0.25, 0.3) is 0 Å². The first-order chi connectivity index (χ1) is 3.18. The van der Waals surface area contributed by atoms with E-state index in [1.54, 1.807) is 0 Å². The molecule has 0 saturated heterocycles. The lowest BCUT2D eigenvalue weighted by molar-refractivity contribution is 0.176.